The molecule has 120 valence electrons. The van der Waals surface area contributed by atoms with Crippen molar-refractivity contribution in [3.63, 3.8) is 0 Å². The molecule has 2 saturated heterocycles. The highest BCUT2D eigenvalue weighted by Gasteiger charge is 2.36. The van der Waals surface area contributed by atoms with Crippen LogP contribution >= 0.6 is 0 Å². The van der Waals surface area contributed by atoms with Crippen LogP contribution in [0.4, 0.5) is 4.79 Å². The number of hydrogen-bond acceptors (Lipinski definition) is 3. The average Bonchev–Trinajstić information content (AvgIpc) is 2.46. The molecule has 0 radical (unpaired) electrons. The summed E-state index contributed by atoms with van der Waals surface area (Å²) in [7, 11) is 0. The summed E-state index contributed by atoms with van der Waals surface area (Å²) in [6.07, 6.45) is 3.68. The minimum atomic E-state index is -0.855. The van der Waals surface area contributed by atoms with Crippen molar-refractivity contribution in [2.24, 2.45) is 0 Å². The van der Waals surface area contributed by atoms with Gasteiger partial charge in [0, 0.05) is 38.3 Å². The first kappa shape index (κ1) is 16.1. The highest BCUT2D eigenvalue weighted by Crippen LogP contribution is 2.24. The smallest absolute Gasteiger partial charge is 0.320 e. The number of fused-ring (bicyclic) bond motifs is 1. The Balaban J connectivity index is 1.97. The highest BCUT2D eigenvalue weighted by molar-refractivity contribution is 5.76. The molecule has 2 heterocycles. The summed E-state index contributed by atoms with van der Waals surface area (Å²) in [4.78, 5) is 29.5. The summed E-state index contributed by atoms with van der Waals surface area (Å²) >= 11 is 0. The molecule has 0 spiro atoms. The number of rotatable bonds is 4. The van der Waals surface area contributed by atoms with E-state index in [-0.39, 0.29) is 18.5 Å². The molecule has 1 N–H and O–H groups in total. The third-order valence-corrected chi connectivity index (χ3v) is 4.68. The molecule has 2 aliphatic rings. The Labute approximate surface area is 126 Å². The minimum Gasteiger partial charge on any atom is -0.481 e. The van der Waals surface area contributed by atoms with E-state index in [9.17, 15) is 9.59 Å². The van der Waals surface area contributed by atoms with Crippen LogP contribution in [0.15, 0.2) is 0 Å². The topological polar surface area (TPSA) is 64.1 Å². The Kier molecular flexibility index (Phi) is 5.45. The Bertz CT molecular complexity index is 388. The van der Waals surface area contributed by atoms with Crippen molar-refractivity contribution in [2.75, 3.05) is 32.7 Å². The molecular formula is C15H27N3O3. The van der Waals surface area contributed by atoms with Gasteiger partial charge in [-0.3, -0.25) is 9.69 Å². The molecule has 2 atom stereocenters. The highest BCUT2D eigenvalue weighted by atomic mass is 16.4. The lowest BCUT2D eigenvalue weighted by molar-refractivity contribution is -0.137. The van der Waals surface area contributed by atoms with Crippen molar-refractivity contribution in [1.29, 1.82) is 0 Å². The van der Waals surface area contributed by atoms with E-state index in [1.807, 2.05) is 11.8 Å². The number of nitrogens with zero attached hydrogens (tertiary/aromatic N) is 3. The second-order valence-electron chi connectivity index (χ2n) is 6.15. The standard InChI is InChI=1S/C15H27N3O3/c1-3-16(9-7-14(19)20)15(21)18-11-13-6-4-5-8-17(13)10-12(18)2/h12-13H,3-11H2,1-2H3,(H,19,20). The minimum absolute atomic E-state index is 0.00327. The zero-order chi connectivity index (χ0) is 15.4. The molecule has 0 aromatic carbocycles. The predicted molar refractivity (Wildman–Crippen MR) is 80.3 cm³/mol. The molecule has 0 bridgehead atoms. The monoisotopic (exact) mass is 297 g/mol. The van der Waals surface area contributed by atoms with Crippen LogP contribution in [0, 0.1) is 0 Å². The van der Waals surface area contributed by atoms with Gasteiger partial charge in [-0.1, -0.05) is 6.42 Å². The number of hydrogen-bond donors (Lipinski definition) is 1. The molecule has 2 unspecified atom stereocenters. The largest absolute Gasteiger partial charge is 0.481 e. The molecule has 0 saturated carbocycles. The summed E-state index contributed by atoms with van der Waals surface area (Å²) in [6, 6.07) is 0.680. The summed E-state index contributed by atoms with van der Waals surface area (Å²) in [6.45, 7) is 7.71. The third kappa shape index (κ3) is 3.87. The number of aliphatic carboxylic acids is 1. The number of carboxylic acids is 1. The van der Waals surface area contributed by atoms with Crippen LogP contribution in [0.5, 0.6) is 0 Å². The second kappa shape index (κ2) is 7.11. The maximum Gasteiger partial charge on any atom is 0.320 e. The van der Waals surface area contributed by atoms with Crippen LogP contribution in [0.3, 0.4) is 0 Å². The first-order valence-electron chi connectivity index (χ1n) is 8.04. The van der Waals surface area contributed by atoms with Crippen molar-refractivity contribution in [3.8, 4) is 0 Å². The van der Waals surface area contributed by atoms with Crippen LogP contribution < -0.4 is 0 Å². The summed E-state index contributed by atoms with van der Waals surface area (Å²) < 4.78 is 0. The summed E-state index contributed by atoms with van der Waals surface area (Å²) in [5.41, 5.74) is 0. The van der Waals surface area contributed by atoms with Crippen molar-refractivity contribution in [2.45, 2.75) is 51.6 Å². The van der Waals surface area contributed by atoms with E-state index in [0.717, 1.165) is 26.1 Å². The lowest BCUT2D eigenvalue weighted by Gasteiger charge is -2.48. The molecule has 0 aliphatic carbocycles. The molecule has 2 fully saturated rings. The lowest BCUT2D eigenvalue weighted by Crippen LogP contribution is -2.62. The first-order valence-corrected chi connectivity index (χ1v) is 8.04. The number of urea groups is 1. The van der Waals surface area contributed by atoms with Crippen LogP contribution in [0.25, 0.3) is 0 Å². The van der Waals surface area contributed by atoms with Crippen LogP contribution in [-0.2, 0) is 4.79 Å². The molecule has 0 aromatic heterocycles. The molecule has 2 aliphatic heterocycles. The number of piperazine rings is 1. The van der Waals surface area contributed by atoms with E-state index in [1.54, 1.807) is 4.90 Å². The molecule has 2 amide bonds. The third-order valence-electron chi connectivity index (χ3n) is 4.68. The van der Waals surface area contributed by atoms with Gasteiger partial charge in [-0.2, -0.15) is 0 Å². The number of piperidine rings is 1. The van der Waals surface area contributed by atoms with Crippen molar-refractivity contribution >= 4 is 12.0 Å². The van der Waals surface area contributed by atoms with Gasteiger partial charge in [0.1, 0.15) is 0 Å². The van der Waals surface area contributed by atoms with Gasteiger partial charge in [-0.15, -0.1) is 0 Å². The fourth-order valence-corrected chi connectivity index (χ4v) is 3.42. The molecule has 2 rings (SSSR count). The van der Waals surface area contributed by atoms with E-state index in [0.29, 0.717) is 19.1 Å². The van der Waals surface area contributed by atoms with E-state index in [2.05, 4.69) is 11.8 Å². The molecule has 6 nitrogen and oxygen atoms in total. The van der Waals surface area contributed by atoms with Gasteiger partial charge in [-0.05, 0) is 33.2 Å². The summed E-state index contributed by atoms with van der Waals surface area (Å²) in [5.74, 6) is -0.855. The fourth-order valence-electron chi connectivity index (χ4n) is 3.42. The van der Waals surface area contributed by atoms with E-state index in [1.165, 1.54) is 12.8 Å². The Morgan fingerprint density at radius 3 is 2.71 bits per heavy atom. The Morgan fingerprint density at radius 1 is 1.29 bits per heavy atom. The maximum absolute atomic E-state index is 12.7. The average molecular weight is 297 g/mol. The van der Waals surface area contributed by atoms with Gasteiger partial charge < -0.3 is 14.9 Å². The van der Waals surface area contributed by atoms with Gasteiger partial charge >= 0.3 is 12.0 Å². The molecule has 0 aromatic rings. The normalized spacial score (nSPS) is 26.3. The van der Waals surface area contributed by atoms with Gasteiger partial charge in [0.05, 0.1) is 6.42 Å². The van der Waals surface area contributed by atoms with Gasteiger partial charge in [-0.25, -0.2) is 4.79 Å². The maximum atomic E-state index is 12.7. The molecule has 21 heavy (non-hydrogen) atoms. The summed E-state index contributed by atoms with van der Waals surface area (Å²) in [5, 5.41) is 8.80. The second-order valence-corrected chi connectivity index (χ2v) is 6.15. The zero-order valence-electron chi connectivity index (χ0n) is 13.1. The van der Waals surface area contributed by atoms with E-state index in [4.69, 9.17) is 5.11 Å². The number of carbonyl (C=O) groups is 2. The van der Waals surface area contributed by atoms with Crippen molar-refractivity contribution in [3.05, 3.63) is 0 Å². The SMILES string of the molecule is CCN(CCC(=O)O)C(=O)N1CC2CCCCN2CC1C. The van der Waals surface area contributed by atoms with Gasteiger partial charge in [0.25, 0.3) is 0 Å². The Morgan fingerprint density at radius 2 is 2.05 bits per heavy atom. The van der Waals surface area contributed by atoms with Gasteiger partial charge in [0.2, 0.25) is 0 Å². The van der Waals surface area contributed by atoms with E-state index >= 15 is 0 Å². The van der Waals surface area contributed by atoms with Crippen molar-refractivity contribution < 1.29 is 14.7 Å². The van der Waals surface area contributed by atoms with E-state index < -0.39 is 5.97 Å². The lowest BCUT2D eigenvalue weighted by atomic mass is 9.97. The van der Waals surface area contributed by atoms with Crippen LogP contribution in [0.2, 0.25) is 0 Å². The Hall–Kier alpha value is -1.30. The number of carboxylic acid groups (broad SMARTS) is 1. The van der Waals surface area contributed by atoms with Crippen LogP contribution in [-0.4, -0.2) is 76.6 Å². The fraction of sp³-hybridized carbons (Fsp3) is 0.867. The van der Waals surface area contributed by atoms with Crippen molar-refractivity contribution in [1.82, 2.24) is 14.7 Å². The quantitative estimate of drug-likeness (QED) is 0.853. The molecular weight excluding hydrogens is 270 g/mol. The number of carbonyl (C=O) groups excluding carboxylic acids is 1. The van der Waals surface area contributed by atoms with Gasteiger partial charge in [0.15, 0.2) is 0 Å². The first-order chi connectivity index (χ1) is 10.0. The predicted octanol–water partition coefficient (Wildman–Crippen LogP) is 1.46. The zero-order valence-corrected chi connectivity index (χ0v) is 13.1. The number of amides is 2. The van der Waals surface area contributed by atoms with Crippen LogP contribution in [0.1, 0.15) is 39.5 Å². The molecule has 6 heteroatoms.